The second kappa shape index (κ2) is 6.56. The summed E-state index contributed by atoms with van der Waals surface area (Å²) in [6, 6.07) is 4.02. The Morgan fingerprint density at radius 2 is 1.96 bits per heavy atom. The van der Waals surface area contributed by atoms with Crippen LogP contribution in [0.5, 0.6) is 0 Å². The molecule has 0 saturated carbocycles. The molecular weight excluding hydrogens is 290 g/mol. The van der Waals surface area contributed by atoms with Gasteiger partial charge in [-0.1, -0.05) is 0 Å². The van der Waals surface area contributed by atoms with Gasteiger partial charge in [0.15, 0.2) is 0 Å². The standard InChI is InChI=1S/C18H31N3O2/c1-13(2)21(12-15-8-7-9-23-15)16(22)19-14-10-17(3,4)20-18(5,6)11-14/h7-9,13-14,20H,10-12H2,1-6H3,(H,19,22). The maximum atomic E-state index is 12.8. The third-order valence-electron chi connectivity index (χ3n) is 4.31. The minimum Gasteiger partial charge on any atom is -0.467 e. The van der Waals surface area contributed by atoms with Crippen LogP contribution in [0, 0.1) is 0 Å². The van der Waals surface area contributed by atoms with E-state index in [0.29, 0.717) is 6.54 Å². The maximum Gasteiger partial charge on any atom is 0.318 e. The fraction of sp³-hybridized carbons (Fsp3) is 0.722. The molecule has 0 bridgehead atoms. The summed E-state index contributed by atoms with van der Waals surface area (Å²) >= 11 is 0. The van der Waals surface area contributed by atoms with E-state index in [-0.39, 0.29) is 29.2 Å². The quantitative estimate of drug-likeness (QED) is 0.892. The molecule has 2 N–H and O–H groups in total. The van der Waals surface area contributed by atoms with Gasteiger partial charge in [-0.25, -0.2) is 4.79 Å². The lowest BCUT2D eigenvalue weighted by atomic mass is 9.79. The van der Waals surface area contributed by atoms with E-state index in [2.05, 4.69) is 38.3 Å². The number of urea groups is 1. The van der Waals surface area contributed by atoms with Gasteiger partial charge >= 0.3 is 6.03 Å². The number of carbonyl (C=O) groups excluding carboxylic acids is 1. The second-order valence-electron chi connectivity index (χ2n) is 8.25. The van der Waals surface area contributed by atoms with Crippen LogP contribution in [0.3, 0.4) is 0 Å². The van der Waals surface area contributed by atoms with E-state index < -0.39 is 0 Å². The van der Waals surface area contributed by atoms with Gasteiger partial charge in [0.1, 0.15) is 5.76 Å². The third kappa shape index (κ3) is 4.99. The number of nitrogens with zero attached hydrogens (tertiary/aromatic N) is 1. The monoisotopic (exact) mass is 321 g/mol. The Labute approximate surface area is 139 Å². The smallest absolute Gasteiger partial charge is 0.318 e. The predicted molar refractivity (Wildman–Crippen MR) is 92.2 cm³/mol. The van der Waals surface area contributed by atoms with Crippen LogP contribution in [-0.4, -0.2) is 34.1 Å². The van der Waals surface area contributed by atoms with Gasteiger partial charge < -0.3 is 20.0 Å². The van der Waals surface area contributed by atoms with Crippen LogP contribution in [0.1, 0.15) is 60.1 Å². The third-order valence-corrected chi connectivity index (χ3v) is 4.31. The van der Waals surface area contributed by atoms with Crippen molar-refractivity contribution in [2.45, 2.75) is 84.1 Å². The van der Waals surface area contributed by atoms with Gasteiger partial charge in [0.05, 0.1) is 12.8 Å². The Morgan fingerprint density at radius 3 is 2.43 bits per heavy atom. The highest BCUT2D eigenvalue weighted by molar-refractivity contribution is 5.74. The summed E-state index contributed by atoms with van der Waals surface area (Å²) in [7, 11) is 0. The number of hydrogen-bond donors (Lipinski definition) is 2. The molecule has 130 valence electrons. The minimum atomic E-state index is -0.0186. The van der Waals surface area contributed by atoms with Crippen molar-refractivity contribution in [1.29, 1.82) is 0 Å². The minimum absolute atomic E-state index is 0.0172. The molecule has 0 atom stereocenters. The van der Waals surface area contributed by atoms with Crippen LogP contribution < -0.4 is 10.6 Å². The topological polar surface area (TPSA) is 57.5 Å². The normalized spacial score (nSPS) is 20.5. The molecule has 1 saturated heterocycles. The SMILES string of the molecule is CC(C)N(Cc1ccco1)C(=O)NC1CC(C)(C)NC(C)(C)C1. The maximum absolute atomic E-state index is 12.8. The first-order valence-electron chi connectivity index (χ1n) is 8.47. The fourth-order valence-corrected chi connectivity index (χ4v) is 3.74. The molecule has 0 radical (unpaired) electrons. The lowest BCUT2D eigenvalue weighted by Crippen LogP contribution is -2.63. The molecule has 0 aromatic carbocycles. The van der Waals surface area contributed by atoms with Crippen LogP contribution in [0.15, 0.2) is 22.8 Å². The van der Waals surface area contributed by atoms with E-state index in [0.717, 1.165) is 18.6 Å². The Kier molecular flexibility index (Phi) is 5.09. The number of amides is 2. The zero-order valence-corrected chi connectivity index (χ0v) is 15.3. The summed E-state index contributed by atoms with van der Waals surface area (Å²) < 4.78 is 5.39. The molecular formula is C18H31N3O2. The van der Waals surface area contributed by atoms with Crippen molar-refractivity contribution >= 4 is 6.03 Å². The molecule has 1 aliphatic rings. The van der Waals surface area contributed by atoms with Crippen LogP contribution >= 0.6 is 0 Å². The van der Waals surface area contributed by atoms with E-state index in [9.17, 15) is 4.79 Å². The largest absolute Gasteiger partial charge is 0.467 e. The Hall–Kier alpha value is -1.49. The van der Waals surface area contributed by atoms with Gasteiger partial charge in [-0.2, -0.15) is 0 Å². The number of piperidine rings is 1. The molecule has 2 rings (SSSR count). The first-order chi connectivity index (χ1) is 10.6. The van der Waals surface area contributed by atoms with E-state index >= 15 is 0 Å². The molecule has 5 nitrogen and oxygen atoms in total. The molecule has 2 heterocycles. The van der Waals surface area contributed by atoms with Crippen LogP contribution in [-0.2, 0) is 6.54 Å². The molecule has 1 aromatic heterocycles. The van der Waals surface area contributed by atoms with E-state index in [1.807, 2.05) is 30.9 Å². The van der Waals surface area contributed by atoms with Crippen molar-refractivity contribution in [2.24, 2.45) is 0 Å². The van der Waals surface area contributed by atoms with E-state index in [1.165, 1.54) is 0 Å². The highest BCUT2D eigenvalue weighted by Crippen LogP contribution is 2.28. The average molecular weight is 321 g/mol. The highest BCUT2D eigenvalue weighted by atomic mass is 16.3. The molecule has 1 fully saturated rings. The second-order valence-corrected chi connectivity index (χ2v) is 8.25. The number of nitrogens with one attached hydrogen (secondary N) is 2. The van der Waals surface area contributed by atoms with Gasteiger partial charge in [0.25, 0.3) is 0 Å². The Morgan fingerprint density at radius 1 is 1.35 bits per heavy atom. The summed E-state index contributed by atoms with van der Waals surface area (Å²) in [5.74, 6) is 0.805. The lowest BCUT2D eigenvalue weighted by molar-refractivity contribution is 0.131. The van der Waals surface area contributed by atoms with Crippen LogP contribution in [0.4, 0.5) is 4.79 Å². The molecule has 5 heteroatoms. The zero-order chi connectivity index (χ0) is 17.3. The average Bonchev–Trinajstić information content (AvgIpc) is 2.83. The van der Waals surface area contributed by atoms with Crippen molar-refractivity contribution in [1.82, 2.24) is 15.5 Å². The van der Waals surface area contributed by atoms with Gasteiger partial charge in [-0.3, -0.25) is 0 Å². The summed E-state index contributed by atoms with van der Waals surface area (Å²) in [5.41, 5.74) is 0.0345. The molecule has 0 unspecified atom stereocenters. The van der Waals surface area contributed by atoms with Crippen molar-refractivity contribution in [2.75, 3.05) is 0 Å². The number of rotatable bonds is 4. The highest BCUT2D eigenvalue weighted by Gasteiger charge is 2.38. The number of carbonyl (C=O) groups is 1. The molecule has 2 amide bonds. The number of hydrogen-bond acceptors (Lipinski definition) is 3. The Balaban J connectivity index is 2.03. The van der Waals surface area contributed by atoms with E-state index in [1.54, 1.807) is 6.26 Å². The lowest BCUT2D eigenvalue weighted by Gasteiger charge is -2.47. The first kappa shape index (κ1) is 17.9. The van der Waals surface area contributed by atoms with Crippen molar-refractivity contribution < 1.29 is 9.21 Å². The predicted octanol–water partition coefficient (Wildman–Crippen LogP) is 3.51. The van der Waals surface area contributed by atoms with Crippen molar-refractivity contribution in [3.63, 3.8) is 0 Å². The zero-order valence-electron chi connectivity index (χ0n) is 15.3. The first-order valence-corrected chi connectivity index (χ1v) is 8.47. The van der Waals surface area contributed by atoms with Gasteiger partial charge in [-0.05, 0) is 66.5 Å². The summed E-state index contributed by atoms with van der Waals surface area (Å²) in [6.45, 7) is 13.3. The van der Waals surface area contributed by atoms with E-state index in [4.69, 9.17) is 4.42 Å². The van der Waals surface area contributed by atoms with Crippen molar-refractivity contribution in [3.8, 4) is 0 Å². The Bertz CT molecular complexity index is 504. The van der Waals surface area contributed by atoms with Gasteiger partial charge in [0, 0.05) is 23.2 Å². The van der Waals surface area contributed by atoms with Crippen LogP contribution in [0.2, 0.25) is 0 Å². The molecule has 0 spiro atoms. The van der Waals surface area contributed by atoms with Crippen molar-refractivity contribution in [3.05, 3.63) is 24.2 Å². The van der Waals surface area contributed by atoms with Gasteiger partial charge in [-0.15, -0.1) is 0 Å². The number of furan rings is 1. The molecule has 1 aromatic rings. The molecule has 1 aliphatic heterocycles. The fourth-order valence-electron chi connectivity index (χ4n) is 3.74. The summed E-state index contributed by atoms with van der Waals surface area (Å²) in [6.07, 6.45) is 3.49. The van der Waals surface area contributed by atoms with Gasteiger partial charge in [0.2, 0.25) is 0 Å². The summed E-state index contributed by atoms with van der Waals surface area (Å²) in [5, 5.41) is 6.87. The molecule has 0 aliphatic carbocycles. The molecule has 23 heavy (non-hydrogen) atoms. The van der Waals surface area contributed by atoms with Crippen LogP contribution in [0.25, 0.3) is 0 Å². The summed E-state index contributed by atoms with van der Waals surface area (Å²) in [4.78, 5) is 14.6.